The van der Waals surface area contributed by atoms with E-state index in [1.54, 1.807) is 5.56 Å². The fourth-order valence-corrected chi connectivity index (χ4v) is 8.03. The smallest absolute Gasteiger partial charge is 0.120 e. The minimum absolute atomic E-state index is 0.395. The summed E-state index contributed by atoms with van der Waals surface area (Å²) in [5, 5.41) is 0. The summed E-state index contributed by atoms with van der Waals surface area (Å²) in [6.45, 7) is 6.37. The molecule has 3 aromatic carbocycles. The number of fused-ring (bicyclic) bond motifs is 5. The molecule has 0 unspecified atom stereocenters. The Bertz CT molecular complexity index is 1160. The van der Waals surface area contributed by atoms with Crippen LogP contribution in [0.15, 0.2) is 78.9 Å². The lowest BCUT2D eigenvalue weighted by atomic mass is 9.52. The first kappa shape index (κ1) is 23.8. The molecule has 0 N–H and O–H groups in total. The summed E-state index contributed by atoms with van der Waals surface area (Å²) in [7, 11) is 0. The maximum absolute atomic E-state index is 6.53. The molecule has 188 valence electrons. The molecular weight excluding hydrogens is 440 g/mol. The van der Waals surface area contributed by atoms with Gasteiger partial charge in [0.1, 0.15) is 12.4 Å². The summed E-state index contributed by atoms with van der Waals surface area (Å²) in [5.41, 5.74) is 6.07. The van der Waals surface area contributed by atoms with Gasteiger partial charge in [0.25, 0.3) is 0 Å². The molecule has 2 heteroatoms. The standard InChI is InChI=1S/C34H40O2/c1-3-26-20-34(2)21-29(36-23-25-12-8-5-9-13-25)19-32(34)31-16-14-27-18-28(15-17-30(27)33(26)31)35-22-24-10-6-4-7-11-24/h4-13,15,17-18,26,29,31-33H,3,14,16,19-23H2,1-2H3/t26-,29-,31+,32+,33-,34-/m1/s1. The lowest BCUT2D eigenvalue weighted by molar-refractivity contribution is 0.0145. The highest BCUT2D eigenvalue weighted by atomic mass is 16.5. The zero-order valence-corrected chi connectivity index (χ0v) is 21.9. The van der Waals surface area contributed by atoms with Crippen LogP contribution in [0.1, 0.15) is 74.1 Å². The maximum atomic E-state index is 6.53. The molecule has 0 radical (unpaired) electrons. The molecule has 0 bridgehead atoms. The van der Waals surface area contributed by atoms with Gasteiger partial charge in [-0.05, 0) is 95.6 Å². The van der Waals surface area contributed by atoms with Crippen molar-refractivity contribution in [2.24, 2.45) is 23.2 Å². The van der Waals surface area contributed by atoms with Crippen LogP contribution < -0.4 is 4.74 Å². The third-order valence-corrected chi connectivity index (χ3v) is 9.64. The molecule has 0 aliphatic heterocycles. The molecule has 36 heavy (non-hydrogen) atoms. The van der Waals surface area contributed by atoms with Gasteiger partial charge in [0.15, 0.2) is 0 Å². The van der Waals surface area contributed by atoms with E-state index < -0.39 is 0 Å². The summed E-state index contributed by atoms with van der Waals surface area (Å²) in [5.74, 6) is 4.02. The molecule has 0 amide bonds. The minimum atomic E-state index is 0.395. The van der Waals surface area contributed by atoms with Crippen molar-refractivity contribution in [3.8, 4) is 5.75 Å². The number of ether oxygens (including phenoxy) is 2. The van der Waals surface area contributed by atoms with E-state index >= 15 is 0 Å². The van der Waals surface area contributed by atoms with Crippen molar-refractivity contribution in [1.82, 2.24) is 0 Å². The van der Waals surface area contributed by atoms with Crippen LogP contribution in [0.5, 0.6) is 5.75 Å². The number of hydrogen-bond acceptors (Lipinski definition) is 2. The summed E-state index contributed by atoms with van der Waals surface area (Å²) in [6.07, 6.45) is 7.95. The molecule has 3 aliphatic carbocycles. The second kappa shape index (κ2) is 10.1. The molecule has 2 saturated carbocycles. The highest BCUT2D eigenvalue weighted by Crippen LogP contribution is 2.63. The molecule has 3 aliphatic rings. The van der Waals surface area contributed by atoms with E-state index in [9.17, 15) is 0 Å². The first-order valence-corrected chi connectivity index (χ1v) is 14.1. The van der Waals surface area contributed by atoms with Crippen LogP contribution in [0.3, 0.4) is 0 Å². The number of rotatable bonds is 7. The number of benzene rings is 3. The van der Waals surface area contributed by atoms with Crippen molar-refractivity contribution < 1.29 is 9.47 Å². The Hall–Kier alpha value is -2.58. The molecule has 0 aromatic heterocycles. The quantitative estimate of drug-likeness (QED) is 0.338. The van der Waals surface area contributed by atoms with Crippen molar-refractivity contribution in [2.75, 3.05) is 0 Å². The Morgan fingerprint density at radius 3 is 2.31 bits per heavy atom. The van der Waals surface area contributed by atoms with Crippen molar-refractivity contribution in [2.45, 2.75) is 77.6 Å². The Morgan fingerprint density at radius 1 is 0.861 bits per heavy atom. The van der Waals surface area contributed by atoms with E-state index in [0.29, 0.717) is 24.0 Å². The van der Waals surface area contributed by atoms with Crippen LogP contribution in [-0.4, -0.2) is 6.10 Å². The molecule has 2 fully saturated rings. The van der Waals surface area contributed by atoms with Crippen molar-refractivity contribution >= 4 is 0 Å². The van der Waals surface area contributed by atoms with Gasteiger partial charge in [-0.25, -0.2) is 0 Å². The van der Waals surface area contributed by atoms with E-state index in [1.165, 1.54) is 55.2 Å². The molecule has 2 nitrogen and oxygen atoms in total. The largest absolute Gasteiger partial charge is 0.489 e. The predicted molar refractivity (Wildman–Crippen MR) is 146 cm³/mol. The summed E-state index contributed by atoms with van der Waals surface area (Å²) in [4.78, 5) is 0. The number of hydrogen-bond donors (Lipinski definition) is 0. The van der Waals surface area contributed by atoms with Crippen LogP contribution in [0, 0.1) is 23.2 Å². The average Bonchev–Trinajstić information content (AvgIpc) is 3.27. The van der Waals surface area contributed by atoms with Crippen LogP contribution in [0.2, 0.25) is 0 Å². The molecule has 0 saturated heterocycles. The molecule has 0 heterocycles. The van der Waals surface area contributed by atoms with Crippen LogP contribution in [-0.2, 0) is 24.4 Å². The van der Waals surface area contributed by atoms with Gasteiger partial charge in [0.2, 0.25) is 0 Å². The van der Waals surface area contributed by atoms with Crippen molar-refractivity contribution in [1.29, 1.82) is 0 Å². The van der Waals surface area contributed by atoms with Crippen molar-refractivity contribution in [3.63, 3.8) is 0 Å². The minimum Gasteiger partial charge on any atom is -0.489 e. The van der Waals surface area contributed by atoms with Gasteiger partial charge in [0, 0.05) is 0 Å². The average molecular weight is 481 g/mol. The third-order valence-electron chi connectivity index (χ3n) is 9.64. The van der Waals surface area contributed by atoms with E-state index in [2.05, 4.69) is 92.7 Å². The normalized spacial score (nSPS) is 30.8. The highest BCUT2D eigenvalue weighted by molar-refractivity contribution is 5.41. The zero-order chi connectivity index (χ0) is 24.5. The number of aryl methyl sites for hydroxylation is 1. The lowest BCUT2D eigenvalue weighted by Gasteiger charge is -2.53. The van der Waals surface area contributed by atoms with E-state index in [4.69, 9.17) is 9.47 Å². The van der Waals surface area contributed by atoms with Gasteiger partial charge in [-0.3, -0.25) is 0 Å². The van der Waals surface area contributed by atoms with Gasteiger partial charge < -0.3 is 9.47 Å². The Balaban J connectivity index is 1.18. The third kappa shape index (κ3) is 4.61. The molecular formula is C34H40O2. The van der Waals surface area contributed by atoms with Crippen LogP contribution in [0.4, 0.5) is 0 Å². The van der Waals surface area contributed by atoms with Crippen LogP contribution in [0.25, 0.3) is 0 Å². The maximum Gasteiger partial charge on any atom is 0.120 e. The Labute approximate surface area is 217 Å². The van der Waals surface area contributed by atoms with Gasteiger partial charge in [-0.1, -0.05) is 87.0 Å². The van der Waals surface area contributed by atoms with Gasteiger partial charge >= 0.3 is 0 Å². The summed E-state index contributed by atoms with van der Waals surface area (Å²) in [6, 6.07) is 28.1. The fourth-order valence-electron chi connectivity index (χ4n) is 8.03. The monoisotopic (exact) mass is 480 g/mol. The SMILES string of the molecule is CC[C@@H]1C[C@]2(C)C[C@H](OCc3ccccc3)C[C@H]2[C@@H]2CCc3cc(OCc4ccccc4)ccc3[C@@H]12. The van der Waals surface area contributed by atoms with E-state index in [1.807, 2.05) is 0 Å². The van der Waals surface area contributed by atoms with Crippen molar-refractivity contribution in [3.05, 3.63) is 101 Å². The Morgan fingerprint density at radius 2 is 1.58 bits per heavy atom. The molecule has 6 atom stereocenters. The fraction of sp³-hybridized carbons (Fsp3) is 0.471. The topological polar surface area (TPSA) is 18.5 Å². The summed E-state index contributed by atoms with van der Waals surface area (Å²) < 4.78 is 12.7. The Kier molecular flexibility index (Phi) is 6.65. The second-order valence-corrected chi connectivity index (χ2v) is 11.9. The van der Waals surface area contributed by atoms with E-state index in [0.717, 1.165) is 30.1 Å². The van der Waals surface area contributed by atoms with Crippen LogP contribution >= 0.6 is 0 Å². The second-order valence-electron chi connectivity index (χ2n) is 11.9. The summed E-state index contributed by atoms with van der Waals surface area (Å²) >= 11 is 0. The zero-order valence-electron chi connectivity index (χ0n) is 21.9. The molecule has 3 aromatic rings. The predicted octanol–water partition coefficient (Wildman–Crippen LogP) is 8.34. The molecule has 6 rings (SSSR count). The first-order chi connectivity index (χ1) is 17.6. The molecule has 0 spiro atoms. The lowest BCUT2D eigenvalue weighted by Crippen LogP contribution is -2.44. The van der Waals surface area contributed by atoms with Gasteiger partial charge in [0.05, 0.1) is 12.7 Å². The van der Waals surface area contributed by atoms with Gasteiger partial charge in [-0.15, -0.1) is 0 Å². The highest BCUT2D eigenvalue weighted by Gasteiger charge is 2.56. The first-order valence-electron chi connectivity index (χ1n) is 14.1. The van der Waals surface area contributed by atoms with Gasteiger partial charge in [-0.2, -0.15) is 0 Å². The van der Waals surface area contributed by atoms with E-state index in [-0.39, 0.29) is 0 Å².